The van der Waals surface area contributed by atoms with Crippen molar-refractivity contribution < 1.29 is 5.11 Å². The summed E-state index contributed by atoms with van der Waals surface area (Å²) in [4.78, 5) is 2.45. The maximum Gasteiger partial charge on any atom is 0.115 e. The number of phenols is 1. The molecule has 0 unspecified atom stereocenters. The molecule has 1 aliphatic heterocycles. The van der Waals surface area contributed by atoms with Crippen LogP contribution in [0, 0.1) is 6.42 Å². The number of phenolic OH excluding ortho intramolecular Hbond substituents is 1. The molecule has 1 heterocycles. The molecule has 0 aliphatic carbocycles. The second kappa shape index (κ2) is 4.47. The van der Waals surface area contributed by atoms with Crippen LogP contribution in [0.1, 0.15) is 18.4 Å². The predicted molar refractivity (Wildman–Crippen MR) is 56.9 cm³/mol. The lowest BCUT2D eigenvalue weighted by atomic mass is 10.1. The summed E-state index contributed by atoms with van der Waals surface area (Å²) in [6.45, 7) is 3.34. The van der Waals surface area contributed by atoms with Gasteiger partial charge in [0.25, 0.3) is 0 Å². The van der Waals surface area contributed by atoms with Crippen molar-refractivity contribution in [3.05, 3.63) is 36.2 Å². The van der Waals surface area contributed by atoms with Crippen LogP contribution in [0.4, 0.5) is 0 Å². The number of nitrogens with zero attached hydrogens (tertiary/aromatic N) is 1. The standard InChI is InChI=1S/C12H16NO/c14-12-6-4-11(5-7-12)10-13-8-2-1-3-9-13/h1,4-7,14H,2-3,8-10H2. The van der Waals surface area contributed by atoms with Gasteiger partial charge < -0.3 is 5.11 Å². The second-order valence-electron chi connectivity index (χ2n) is 3.81. The molecule has 1 radical (unpaired) electrons. The molecule has 0 bridgehead atoms. The van der Waals surface area contributed by atoms with Crippen molar-refractivity contribution in [2.45, 2.75) is 19.4 Å². The van der Waals surface area contributed by atoms with Crippen molar-refractivity contribution in [3.8, 4) is 5.75 Å². The van der Waals surface area contributed by atoms with Gasteiger partial charge >= 0.3 is 0 Å². The minimum atomic E-state index is 0.348. The zero-order valence-electron chi connectivity index (χ0n) is 8.32. The number of aromatic hydroxyl groups is 1. The largest absolute Gasteiger partial charge is 0.508 e. The van der Waals surface area contributed by atoms with Crippen LogP contribution in [0.5, 0.6) is 5.75 Å². The molecule has 0 spiro atoms. The van der Waals surface area contributed by atoms with Crippen LogP contribution < -0.4 is 0 Å². The van der Waals surface area contributed by atoms with Crippen molar-refractivity contribution in [3.63, 3.8) is 0 Å². The highest BCUT2D eigenvalue weighted by Crippen LogP contribution is 2.14. The monoisotopic (exact) mass is 190 g/mol. The Hall–Kier alpha value is -1.02. The second-order valence-corrected chi connectivity index (χ2v) is 3.81. The van der Waals surface area contributed by atoms with Crippen molar-refractivity contribution in [2.24, 2.45) is 0 Å². The van der Waals surface area contributed by atoms with Crippen LogP contribution >= 0.6 is 0 Å². The van der Waals surface area contributed by atoms with Gasteiger partial charge in [-0.05, 0) is 50.0 Å². The maximum atomic E-state index is 9.14. The zero-order valence-corrected chi connectivity index (χ0v) is 8.32. The first-order chi connectivity index (χ1) is 6.84. The molecule has 2 heteroatoms. The first-order valence-corrected chi connectivity index (χ1v) is 5.16. The Labute approximate surface area is 85.2 Å². The fraction of sp³-hybridized carbons (Fsp3) is 0.417. The number of hydrogen-bond donors (Lipinski definition) is 1. The minimum absolute atomic E-state index is 0.348. The Kier molecular flexibility index (Phi) is 3.04. The lowest BCUT2D eigenvalue weighted by molar-refractivity contribution is 0.246. The van der Waals surface area contributed by atoms with Crippen molar-refractivity contribution in [2.75, 3.05) is 13.1 Å². The smallest absolute Gasteiger partial charge is 0.115 e. The Balaban J connectivity index is 1.92. The van der Waals surface area contributed by atoms with Gasteiger partial charge in [-0.2, -0.15) is 0 Å². The minimum Gasteiger partial charge on any atom is -0.508 e. The molecule has 1 aromatic rings. The average Bonchev–Trinajstić information content (AvgIpc) is 2.23. The summed E-state index contributed by atoms with van der Waals surface area (Å²) >= 11 is 0. The molecule has 0 amide bonds. The topological polar surface area (TPSA) is 23.5 Å². The van der Waals surface area contributed by atoms with Crippen LogP contribution in [0.25, 0.3) is 0 Å². The quantitative estimate of drug-likeness (QED) is 0.772. The van der Waals surface area contributed by atoms with Crippen LogP contribution in [-0.4, -0.2) is 23.1 Å². The van der Waals surface area contributed by atoms with Gasteiger partial charge in [0, 0.05) is 6.54 Å². The molecule has 1 N–H and O–H groups in total. The molecule has 14 heavy (non-hydrogen) atoms. The highest BCUT2D eigenvalue weighted by atomic mass is 16.3. The molecule has 0 aromatic heterocycles. The third-order valence-corrected chi connectivity index (χ3v) is 2.64. The highest BCUT2D eigenvalue weighted by Gasteiger charge is 2.09. The lowest BCUT2D eigenvalue weighted by Crippen LogP contribution is -2.29. The SMILES string of the molecule is Oc1ccc(CN2CC[CH]CC2)cc1. The summed E-state index contributed by atoms with van der Waals surface area (Å²) in [6, 6.07) is 7.50. The summed E-state index contributed by atoms with van der Waals surface area (Å²) in [5.74, 6) is 0.348. The maximum absolute atomic E-state index is 9.14. The molecule has 1 aliphatic rings. The summed E-state index contributed by atoms with van der Waals surface area (Å²) in [5, 5.41) is 9.14. The van der Waals surface area contributed by atoms with E-state index in [1.165, 1.54) is 31.5 Å². The Morgan fingerprint density at radius 1 is 1.07 bits per heavy atom. The molecule has 1 saturated heterocycles. The van der Waals surface area contributed by atoms with Crippen molar-refractivity contribution in [1.29, 1.82) is 0 Å². The van der Waals surface area contributed by atoms with E-state index in [-0.39, 0.29) is 0 Å². The van der Waals surface area contributed by atoms with Gasteiger partial charge in [0.05, 0.1) is 0 Å². The van der Waals surface area contributed by atoms with Gasteiger partial charge in [-0.15, -0.1) is 0 Å². The van der Waals surface area contributed by atoms with Gasteiger partial charge in [0.2, 0.25) is 0 Å². The number of benzene rings is 1. The van der Waals surface area contributed by atoms with Crippen molar-refractivity contribution in [1.82, 2.24) is 4.90 Å². The Morgan fingerprint density at radius 2 is 1.71 bits per heavy atom. The highest BCUT2D eigenvalue weighted by molar-refractivity contribution is 5.25. The van der Waals surface area contributed by atoms with E-state index in [0.717, 1.165) is 6.54 Å². The first-order valence-electron chi connectivity index (χ1n) is 5.16. The Bertz CT molecular complexity index is 275. The third kappa shape index (κ3) is 2.48. The van der Waals surface area contributed by atoms with E-state index in [1.807, 2.05) is 12.1 Å². The van der Waals surface area contributed by atoms with E-state index in [0.29, 0.717) is 5.75 Å². The summed E-state index contributed by atoms with van der Waals surface area (Å²) in [5.41, 5.74) is 1.28. The van der Waals surface area contributed by atoms with E-state index < -0.39 is 0 Å². The molecule has 75 valence electrons. The van der Waals surface area contributed by atoms with Crippen LogP contribution in [-0.2, 0) is 6.54 Å². The molecule has 0 atom stereocenters. The van der Waals surface area contributed by atoms with E-state index in [4.69, 9.17) is 5.11 Å². The number of hydrogen-bond acceptors (Lipinski definition) is 2. The normalized spacial score (nSPS) is 18.3. The van der Waals surface area contributed by atoms with Crippen LogP contribution in [0.3, 0.4) is 0 Å². The van der Waals surface area contributed by atoms with E-state index in [1.54, 1.807) is 12.1 Å². The molecule has 1 aromatic carbocycles. The summed E-state index contributed by atoms with van der Waals surface area (Å²) < 4.78 is 0. The molecule has 2 rings (SSSR count). The fourth-order valence-corrected chi connectivity index (χ4v) is 1.82. The summed E-state index contributed by atoms with van der Waals surface area (Å²) in [7, 11) is 0. The van der Waals surface area contributed by atoms with Gasteiger partial charge in [0.1, 0.15) is 5.75 Å². The summed E-state index contributed by atoms with van der Waals surface area (Å²) in [6.07, 6.45) is 4.77. The van der Waals surface area contributed by atoms with E-state index in [9.17, 15) is 0 Å². The van der Waals surface area contributed by atoms with Gasteiger partial charge in [-0.1, -0.05) is 12.1 Å². The van der Waals surface area contributed by atoms with E-state index >= 15 is 0 Å². The number of piperidine rings is 1. The Morgan fingerprint density at radius 3 is 2.36 bits per heavy atom. The van der Waals surface area contributed by atoms with E-state index in [2.05, 4.69) is 11.3 Å². The molecule has 0 saturated carbocycles. The molecule has 1 fully saturated rings. The number of likely N-dealkylation sites (tertiary alicyclic amines) is 1. The average molecular weight is 190 g/mol. The molecular weight excluding hydrogens is 174 g/mol. The van der Waals surface area contributed by atoms with Gasteiger partial charge in [0.15, 0.2) is 0 Å². The predicted octanol–water partition coefficient (Wildman–Crippen LogP) is 2.19. The third-order valence-electron chi connectivity index (χ3n) is 2.64. The lowest BCUT2D eigenvalue weighted by Gasteiger charge is -2.26. The molecular formula is C12H16NO. The van der Waals surface area contributed by atoms with Crippen molar-refractivity contribution >= 4 is 0 Å². The van der Waals surface area contributed by atoms with Crippen LogP contribution in [0.2, 0.25) is 0 Å². The fourth-order valence-electron chi connectivity index (χ4n) is 1.82. The van der Waals surface area contributed by atoms with Gasteiger partial charge in [-0.25, -0.2) is 0 Å². The first kappa shape index (κ1) is 9.53. The molecule has 2 nitrogen and oxygen atoms in total. The van der Waals surface area contributed by atoms with Gasteiger partial charge in [-0.3, -0.25) is 4.90 Å². The zero-order chi connectivity index (χ0) is 9.80. The van der Waals surface area contributed by atoms with Crippen LogP contribution in [0.15, 0.2) is 24.3 Å². The number of rotatable bonds is 2.